The Kier molecular flexibility index (Phi) is 3.45. The van der Waals surface area contributed by atoms with Crippen LogP contribution in [-0.2, 0) is 0 Å². The van der Waals surface area contributed by atoms with Gasteiger partial charge in [-0.1, -0.05) is 0 Å². The summed E-state index contributed by atoms with van der Waals surface area (Å²) in [7, 11) is 0. The minimum Gasteiger partial charge on any atom is -0.530 e. The fourth-order valence-electron chi connectivity index (χ4n) is 2.25. The Bertz CT molecular complexity index is 264. The van der Waals surface area contributed by atoms with Crippen LogP contribution in [0.1, 0.15) is 46.5 Å². The summed E-state index contributed by atoms with van der Waals surface area (Å²) in [6, 6.07) is -0.343. The average molecular weight is 234 g/mol. The molecule has 1 aliphatic rings. The van der Waals surface area contributed by atoms with E-state index in [0.717, 1.165) is 0 Å². The lowest BCUT2D eigenvalue weighted by Gasteiger charge is -2.46. The van der Waals surface area contributed by atoms with Crippen LogP contribution in [-0.4, -0.2) is 28.5 Å². The zero-order chi connectivity index (χ0) is 12.6. The van der Waals surface area contributed by atoms with E-state index in [-0.39, 0.29) is 31.7 Å². The van der Waals surface area contributed by atoms with Gasteiger partial charge in [-0.2, -0.15) is 0 Å². The third-order valence-corrected chi connectivity index (χ3v) is 2.97. The van der Waals surface area contributed by atoms with E-state index in [0.29, 0.717) is 0 Å². The molecule has 0 spiro atoms. The molecule has 0 bridgehead atoms. The van der Waals surface area contributed by atoms with E-state index in [1.807, 2.05) is 0 Å². The number of halogens is 2. The van der Waals surface area contributed by atoms with E-state index in [9.17, 15) is 18.7 Å². The van der Waals surface area contributed by atoms with Crippen molar-refractivity contribution in [2.24, 2.45) is 0 Å². The molecule has 0 aromatic heterocycles. The van der Waals surface area contributed by atoms with E-state index in [2.05, 4.69) is 0 Å². The SMILES string of the molecule is CC(C)(C)N(C(=O)[O-])C1CCC(F)(F)CC1. The van der Waals surface area contributed by atoms with Gasteiger partial charge in [0.15, 0.2) is 0 Å². The van der Waals surface area contributed by atoms with Gasteiger partial charge in [0.1, 0.15) is 6.09 Å². The first kappa shape index (κ1) is 13.2. The average Bonchev–Trinajstić information content (AvgIpc) is 2.05. The molecular formula is C11H18F2NO2-. The molecule has 0 N–H and O–H groups in total. The quantitative estimate of drug-likeness (QED) is 0.696. The van der Waals surface area contributed by atoms with Gasteiger partial charge < -0.3 is 14.8 Å². The summed E-state index contributed by atoms with van der Waals surface area (Å²) in [5.74, 6) is -2.63. The monoisotopic (exact) mass is 234 g/mol. The first-order chi connectivity index (χ1) is 7.13. The van der Waals surface area contributed by atoms with Gasteiger partial charge >= 0.3 is 0 Å². The largest absolute Gasteiger partial charge is 0.530 e. The molecule has 0 unspecified atom stereocenters. The van der Waals surface area contributed by atoms with Crippen molar-refractivity contribution in [1.29, 1.82) is 0 Å². The zero-order valence-corrected chi connectivity index (χ0v) is 9.93. The molecule has 1 saturated carbocycles. The number of amides is 1. The molecule has 0 aromatic rings. The Hall–Kier alpha value is -0.870. The van der Waals surface area contributed by atoms with Crippen molar-refractivity contribution in [1.82, 2.24) is 4.90 Å². The number of nitrogens with zero attached hydrogens (tertiary/aromatic N) is 1. The second kappa shape index (κ2) is 4.18. The highest BCUT2D eigenvalue weighted by molar-refractivity contribution is 5.64. The summed E-state index contributed by atoms with van der Waals surface area (Å²) in [6.07, 6.45) is -1.34. The molecular weight excluding hydrogens is 216 g/mol. The van der Waals surface area contributed by atoms with Crippen molar-refractivity contribution in [3.8, 4) is 0 Å². The van der Waals surface area contributed by atoms with Crippen molar-refractivity contribution in [2.75, 3.05) is 0 Å². The minimum absolute atomic E-state index is 0.207. The predicted molar refractivity (Wildman–Crippen MR) is 54.2 cm³/mol. The van der Waals surface area contributed by atoms with Crippen LogP contribution in [0.5, 0.6) is 0 Å². The fraction of sp³-hybridized carbons (Fsp3) is 0.909. The van der Waals surface area contributed by atoms with Crippen LogP contribution in [0.2, 0.25) is 0 Å². The lowest BCUT2D eigenvalue weighted by molar-refractivity contribution is -0.275. The predicted octanol–water partition coefficient (Wildman–Crippen LogP) is 2.01. The van der Waals surface area contributed by atoms with Crippen molar-refractivity contribution in [2.45, 2.75) is 64.0 Å². The normalized spacial score (nSPS) is 21.8. The maximum atomic E-state index is 13.0. The highest BCUT2D eigenvalue weighted by Crippen LogP contribution is 2.36. The number of alkyl halides is 2. The van der Waals surface area contributed by atoms with E-state index < -0.39 is 17.6 Å². The number of carbonyl (C=O) groups excluding carboxylic acids is 1. The molecule has 1 rings (SSSR count). The third-order valence-electron chi connectivity index (χ3n) is 2.97. The van der Waals surface area contributed by atoms with Gasteiger partial charge in [-0.3, -0.25) is 0 Å². The van der Waals surface area contributed by atoms with Gasteiger partial charge in [-0.15, -0.1) is 0 Å². The van der Waals surface area contributed by atoms with Crippen molar-refractivity contribution in [3.63, 3.8) is 0 Å². The van der Waals surface area contributed by atoms with Gasteiger partial charge in [0.2, 0.25) is 5.92 Å². The first-order valence-electron chi connectivity index (χ1n) is 5.52. The molecule has 0 aliphatic heterocycles. The first-order valence-corrected chi connectivity index (χ1v) is 5.52. The molecule has 1 fully saturated rings. The molecule has 0 heterocycles. The van der Waals surface area contributed by atoms with Gasteiger partial charge in [-0.05, 0) is 33.6 Å². The summed E-state index contributed by atoms with van der Waals surface area (Å²) in [6.45, 7) is 5.24. The van der Waals surface area contributed by atoms with Gasteiger partial charge in [0.05, 0.1) is 0 Å². The maximum absolute atomic E-state index is 13.0. The van der Waals surface area contributed by atoms with Crippen LogP contribution in [0, 0.1) is 0 Å². The highest BCUT2D eigenvalue weighted by atomic mass is 19.3. The Morgan fingerprint density at radius 2 is 1.75 bits per heavy atom. The van der Waals surface area contributed by atoms with Crippen LogP contribution < -0.4 is 5.11 Å². The van der Waals surface area contributed by atoms with Crippen molar-refractivity contribution >= 4 is 6.09 Å². The number of rotatable bonds is 1. The van der Waals surface area contributed by atoms with Crippen LogP contribution in [0.15, 0.2) is 0 Å². The molecule has 0 atom stereocenters. The van der Waals surface area contributed by atoms with Crippen molar-refractivity contribution in [3.05, 3.63) is 0 Å². The van der Waals surface area contributed by atoms with E-state index >= 15 is 0 Å². The molecule has 1 amide bonds. The minimum atomic E-state index is -2.63. The molecule has 94 valence electrons. The third kappa shape index (κ3) is 3.06. The number of hydrogen-bond donors (Lipinski definition) is 0. The fourth-order valence-corrected chi connectivity index (χ4v) is 2.25. The van der Waals surface area contributed by atoms with Crippen LogP contribution >= 0.6 is 0 Å². The summed E-state index contributed by atoms with van der Waals surface area (Å²) < 4.78 is 25.9. The second-order valence-corrected chi connectivity index (χ2v) is 5.39. The smallest absolute Gasteiger partial charge is 0.248 e. The Labute approximate surface area is 94.4 Å². The Morgan fingerprint density at radius 3 is 2.06 bits per heavy atom. The molecule has 1 aliphatic carbocycles. The molecule has 5 heteroatoms. The summed E-state index contributed by atoms with van der Waals surface area (Å²) in [5.41, 5.74) is -0.601. The van der Waals surface area contributed by atoms with E-state index in [1.54, 1.807) is 20.8 Å². The summed E-state index contributed by atoms with van der Waals surface area (Å²) in [4.78, 5) is 12.2. The lowest BCUT2D eigenvalue weighted by atomic mass is 9.89. The summed E-state index contributed by atoms with van der Waals surface area (Å²) in [5, 5.41) is 11.0. The zero-order valence-electron chi connectivity index (χ0n) is 9.93. The van der Waals surface area contributed by atoms with Crippen LogP contribution in [0.25, 0.3) is 0 Å². The van der Waals surface area contributed by atoms with Crippen LogP contribution in [0.4, 0.5) is 13.6 Å². The van der Waals surface area contributed by atoms with E-state index in [4.69, 9.17) is 0 Å². The number of carboxylic acid groups (broad SMARTS) is 1. The number of hydrogen-bond acceptors (Lipinski definition) is 2. The molecule has 3 nitrogen and oxygen atoms in total. The second-order valence-electron chi connectivity index (χ2n) is 5.39. The van der Waals surface area contributed by atoms with Gasteiger partial charge in [0.25, 0.3) is 0 Å². The molecule has 0 saturated heterocycles. The molecule has 0 radical (unpaired) electrons. The van der Waals surface area contributed by atoms with Gasteiger partial charge in [0, 0.05) is 24.4 Å². The maximum Gasteiger partial charge on any atom is 0.248 e. The number of carbonyl (C=O) groups is 1. The van der Waals surface area contributed by atoms with Crippen LogP contribution in [0.3, 0.4) is 0 Å². The Balaban J connectivity index is 2.73. The van der Waals surface area contributed by atoms with Crippen molar-refractivity contribution < 1.29 is 18.7 Å². The van der Waals surface area contributed by atoms with Gasteiger partial charge in [-0.25, -0.2) is 8.78 Å². The molecule has 0 aromatic carbocycles. The standard InChI is InChI=1S/C11H19F2NO2/c1-10(2,3)14(9(15)16)8-4-6-11(12,13)7-5-8/h8H,4-7H2,1-3H3,(H,15,16)/p-1. The Morgan fingerprint density at radius 1 is 1.31 bits per heavy atom. The highest BCUT2D eigenvalue weighted by Gasteiger charge is 2.39. The lowest BCUT2D eigenvalue weighted by Crippen LogP contribution is -2.57. The topological polar surface area (TPSA) is 43.4 Å². The molecule has 16 heavy (non-hydrogen) atoms. The summed E-state index contributed by atoms with van der Waals surface area (Å²) >= 11 is 0. The van der Waals surface area contributed by atoms with E-state index in [1.165, 1.54) is 4.90 Å².